The molecule has 0 spiro atoms. The normalized spacial score (nSPS) is 27.1. The Labute approximate surface area is 128 Å². The molecule has 21 heavy (non-hydrogen) atoms. The first-order chi connectivity index (χ1) is 10.3. The van der Waals surface area contributed by atoms with Crippen molar-refractivity contribution in [3.63, 3.8) is 0 Å². The van der Waals surface area contributed by atoms with Gasteiger partial charge in [-0.2, -0.15) is 0 Å². The van der Waals surface area contributed by atoms with E-state index in [0.29, 0.717) is 23.8 Å². The van der Waals surface area contributed by atoms with Gasteiger partial charge in [0.1, 0.15) is 0 Å². The van der Waals surface area contributed by atoms with Crippen LogP contribution in [0.25, 0.3) is 0 Å². The molecule has 0 radical (unpaired) electrons. The van der Waals surface area contributed by atoms with Gasteiger partial charge in [0.25, 0.3) is 0 Å². The third-order valence-electron chi connectivity index (χ3n) is 4.85. The first kappa shape index (κ1) is 14.4. The van der Waals surface area contributed by atoms with Gasteiger partial charge < -0.3 is 11.1 Å². The molecule has 2 aliphatic carbocycles. The monoisotopic (exact) mass is 285 g/mol. The topological polar surface area (TPSA) is 50.4 Å². The molecule has 114 valence electrons. The van der Waals surface area contributed by atoms with Crippen LogP contribution in [0.2, 0.25) is 0 Å². The van der Waals surface area contributed by atoms with Crippen LogP contribution >= 0.6 is 0 Å². The number of benzene rings is 1. The summed E-state index contributed by atoms with van der Waals surface area (Å²) < 4.78 is 0. The number of nitrogens with zero attached hydrogens (tertiary/aromatic N) is 1. The van der Waals surface area contributed by atoms with E-state index in [9.17, 15) is 0 Å². The SMILES string of the molecule is NC(=NCC1CC1c1ccccc1)NC1CCCCCC1. The summed E-state index contributed by atoms with van der Waals surface area (Å²) in [6.07, 6.45) is 9.13. The van der Waals surface area contributed by atoms with E-state index in [-0.39, 0.29) is 0 Å². The zero-order chi connectivity index (χ0) is 14.5. The minimum atomic E-state index is 0.542. The summed E-state index contributed by atoms with van der Waals surface area (Å²) in [5.41, 5.74) is 7.51. The van der Waals surface area contributed by atoms with Crippen LogP contribution in [-0.2, 0) is 0 Å². The number of nitrogens with one attached hydrogen (secondary N) is 1. The fourth-order valence-corrected chi connectivity index (χ4v) is 3.45. The molecule has 0 bridgehead atoms. The highest BCUT2D eigenvalue weighted by Crippen LogP contribution is 2.47. The molecule has 3 rings (SSSR count). The number of hydrogen-bond acceptors (Lipinski definition) is 1. The van der Waals surface area contributed by atoms with Gasteiger partial charge >= 0.3 is 0 Å². The molecular formula is C18H27N3. The second-order valence-electron chi connectivity index (χ2n) is 6.57. The van der Waals surface area contributed by atoms with Gasteiger partial charge in [0.15, 0.2) is 5.96 Å². The molecule has 2 atom stereocenters. The molecule has 2 saturated carbocycles. The molecule has 2 unspecified atom stereocenters. The molecule has 3 heteroatoms. The van der Waals surface area contributed by atoms with Crippen molar-refractivity contribution >= 4 is 5.96 Å². The largest absolute Gasteiger partial charge is 0.370 e. The van der Waals surface area contributed by atoms with E-state index >= 15 is 0 Å². The van der Waals surface area contributed by atoms with Gasteiger partial charge in [-0.05, 0) is 36.7 Å². The lowest BCUT2D eigenvalue weighted by molar-refractivity contribution is 0.529. The zero-order valence-corrected chi connectivity index (χ0v) is 12.8. The lowest BCUT2D eigenvalue weighted by Crippen LogP contribution is -2.40. The first-order valence-corrected chi connectivity index (χ1v) is 8.44. The Morgan fingerprint density at radius 1 is 1.10 bits per heavy atom. The molecule has 3 N–H and O–H groups in total. The van der Waals surface area contributed by atoms with E-state index in [1.807, 2.05) is 0 Å². The molecule has 0 amide bonds. The van der Waals surface area contributed by atoms with Crippen LogP contribution in [0, 0.1) is 5.92 Å². The van der Waals surface area contributed by atoms with Crippen LogP contribution in [0.5, 0.6) is 0 Å². The van der Waals surface area contributed by atoms with Gasteiger partial charge in [-0.15, -0.1) is 0 Å². The van der Waals surface area contributed by atoms with Crippen molar-refractivity contribution in [1.29, 1.82) is 0 Å². The minimum absolute atomic E-state index is 0.542. The average molecular weight is 285 g/mol. The first-order valence-electron chi connectivity index (χ1n) is 8.44. The molecule has 2 fully saturated rings. The van der Waals surface area contributed by atoms with Crippen LogP contribution < -0.4 is 11.1 Å². The average Bonchev–Trinajstić information content (AvgIpc) is 3.30. The predicted octanol–water partition coefficient (Wildman–Crippen LogP) is 3.42. The zero-order valence-electron chi connectivity index (χ0n) is 12.8. The van der Waals surface area contributed by atoms with Gasteiger partial charge in [-0.1, -0.05) is 56.0 Å². The van der Waals surface area contributed by atoms with Crippen molar-refractivity contribution < 1.29 is 0 Å². The fourth-order valence-electron chi connectivity index (χ4n) is 3.45. The molecule has 0 aliphatic heterocycles. The van der Waals surface area contributed by atoms with Crippen molar-refractivity contribution in [2.24, 2.45) is 16.6 Å². The second-order valence-corrected chi connectivity index (χ2v) is 6.57. The van der Waals surface area contributed by atoms with Gasteiger partial charge in [-0.3, -0.25) is 4.99 Å². The Kier molecular flexibility index (Phi) is 4.79. The molecular weight excluding hydrogens is 258 g/mol. The Morgan fingerprint density at radius 2 is 1.81 bits per heavy atom. The van der Waals surface area contributed by atoms with Gasteiger partial charge in [-0.25, -0.2) is 0 Å². The third kappa shape index (κ3) is 4.23. The van der Waals surface area contributed by atoms with Crippen LogP contribution in [-0.4, -0.2) is 18.5 Å². The van der Waals surface area contributed by atoms with Crippen LogP contribution in [0.3, 0.4) is 0 Å². The van der Waals surface area contributed by atoms with E-state index in [1.165, 1.54) is 50.5 Å². The smallest absolute Gasteiger partial charge is 0.188 e. The van der Waals surface area contributed by atoms with Crippen LogP contribution in [0.4, 0.5) is 0 Å². The minimum Gasteiger partial charge on any atom is -0.370 e. The Bertz CT molecular complexity index is 461. The van der Waals surface area contributed by atoms with Crippen molar-refractivity contribution in [2.45, 2.75) is 56.9 Å². The maximum absolute atomic E-state index is 6.05. The number of guanidine groups is 1. The molecule has 1 aromatic carbocycles. The summed E-state index contributed by atoms with van der Waals surface area (Å²) in [6, 6.07) is 11.3. The third-order valence-corrected chi connectivity index (χ3v) is 4.85. The maximum Gasteiger partial charge on any atom is 0.188 e. The summed E-state index contributed by atoms with van der Waals surface area (Å²) in [4.78, 5) is 4.57. The highest BCUT2D eigenvalue weighted by Gasteiger charge is 2.37. The Morgan fingerprint density at radius 3 is 2.52 bits per heavy atom. The van der Waals surface area contributed by atoms with Gasteiger partial charge in [0, 0.05) is 12.6 Å². The molecule has 0 aromatic heterocycles. The number of rotatable bonds is 4. The summed E-state index contributed by atoms with van der Waals surface area (Å²) in [5, 5.41) is 3.42. The van der Waals surface area contributed by atoms with E-state index in [2.05, 4.69) is 40.6 Å². The van der Waals surface area contributed by atoms with Crippen LogP contribution in [0.1, 0.15) is 56.4 Å². The molecule has 0 saturated heterocycles. The Balaban J connectivity index is 1.44. The van der Waals surface area contributed by atoms with E-state index < -0.39 is 0 Å². The summed E-state index contributed by atoms with van der Waals surface area (Å²) in [7, 11) is 0. The lowest BCUT2D eigenvalue weighted by Gasteiger charge is -2.16. The van der Waals surface area contributed by atoms with E-state index in [1.54, 1.807) is 0 Å². The second kappa shape index (κ2) is 6.97. The highest BCUT2D eigenvalue weighted by molar-refractivity contribution is 5.78. The summed E-state index contributed by atoms with van der Waals surface area (Å²) in [6.45, 7) is 0.866. The van der Waals surface area contributed by atoms with Crippen molar-refractivity contribution in [1.82, 2.24) is 5.32 Å². The maximum atomic E-state index is 6.05. The van der Waals surface area contributed by atoms with Crippen molar-refractivity contribution in [3.8, 4) is 0 Å². The predicted molar refractivity (Wildman–Crippen MR) is 88.4 cm³/mol. The molecule has 2 aliphatic rings. The molecule has 0 heterocycles. The highest BCUT2D eigenvalue weighted by atomic mass is 15.1. The summed E-state index contributed by atoms with van der Waals surface area (Å²) >= 11 is 0. The fraction of sp³-hybridized carbons (Fsp3) is 0.611. The van der Waals surface area contributed by atoms with Crippen LogP contribution in [0.15, 0.2) is 35.3 Å². The quantitative estimate of drug-likeness (QED) is 0.506. The van der Waals surface area contributed by atoms with E-state index in [4.69, 9.17) is 5.73 Å². The van der Waals surface area contributed by atoms with Crippen molar-refractivity contribution in [2.75, 3.05) is 6.54 Å². The van der Waals surface area contributed by atoms with Gasteiger partial charge in [0.2, 0.25) is 0 Å². The lowest BCUT2D eigenvalue weighted by atomic mass is 10.1. The molecule has 1 aromatic rings. The standard InChI is InChI=1S/C18H27N3/c19-18(21-16-10-6-1-2-7-11-16)20-13-15-12-17(15)14-8-4-3-5-9-14/h3-5,8-9,15-17H,1-2,6-7,10-13H2,(H3,19,20,21). The number of aliphatic imine (C=N–C) groups is 1. The van der Waals surface area contributed by atoms with Crippen molar-refractivity contribution in [3.05, 3.63) is 35.9 Å². The summed E-state index contributed by atoms with van der Waals surface area (Å²) in [5.74, 6) is 2.03. The van der Waals surface area contributed by atoms with Gasteiger partial charge in [0.05, 0.1) is 0 Å². The number of hydrogen-bond donors (Lipinski definition) is 2. The Hall–Kier alpha value is -1.51. The number of nitrogens with two attached hydrogens (primary N) is 1. The van der Waals surface area contributed by atoms with E-state index in [0.717, 1.165) is 6.54 Å². The molecule has 3 nitrogen and oxygen atoms in total.